The number of rotatable bonds is 4. The van der Waals surface area contributed by atoms with Crippen LogP contribution in [0.2, 0.25) is 5.02 Å². The topological polar surface area (TPSA) is 87.2 Å². The number of nitrogens with zero attached hydrogens (tertiary/aromatic N) is 2. The molecule has 0 radical (unpaired) electrons. The zero-order chi connectivity index (χ0) is 17.1. The summed E-state index contributed by atoms with van der Waals surface area (Å²) < 4.78 is 0.914. The van der Waals surface area contributed by atoms with Crippen molar-refractivity contribution in [2.45, 2.75) is 0 Å². The van der Waals surface area contributed by atoms with Crippen molar-refractivity contribution < 1.29 is 4.79 Å². The number of aromatic nitrogens is 2. The molecule has 6 nitrogen and oxygen atoms in total. The zero-order valence-electron chi connectivity index (χ0n) is 12.1. The Balaban J connectivity index is 2.00. The van der Waals surface area contributed by atoms with Gasteiger partial charge in [-0.1, -0.05) is 27.5 Å². The lowest BCUT2D eigenvalue weighted by atomic mass is 10.2. The fourth-order valence-corrected chi connectivity index (χ4v) is 2.44. The van der Waals surface area contributed by atoms with Crippen molar-refractivity contribution >= 4 is 56.2 Å². The second-order valence-electron chi connectivity index (χ2n) is 4.81. The molecule has 0 saturated carbocycles. The van der Waals surface area contributed by atoms with Crippen LogP contribution in [0.3, 0.4) is 0 Å². The maximum atomic E-state index is 12.1. The minimum Gasteiger partial charge on any atom is -0.319 e. The molecule has 8 heteroatoms. The van der Waals surface area contributed by atoms with E-state index in [1.165, 1.54) is 0 Å². The molecule has 0 spiro atoms. The summed E-state index contributed by atoms with van der Waals surface area (Å²) in [6.45, 7) is 0. The lowest BCUT2D eigenvalue weighted by Gasteiger charge is -2.04. The molecule has 0 unspecified atom stereocenters. The molecule has 0 saturated heterocycles. The predicted octanol–water partition coefficient (Wildman–Crippen LogP) is 3.35. The lowest BCUT2D eigenvalue weighted by Crippen LogP contribution is -2.22. The number of carbonyl (C=O) groups is 1. The number of anilines is 1. The van der Waals surface area contributed by atoms with Gasteiger partial charge in [0, 0.05) is 9.50 Å². The molecule has 1 aromatic heterocycles. The van der Waals surface area contributed by atoms with Crippen molar-refractivity contribution in [3.63, 3.8) is 0 Å². The van der Waals surface area contributed by atoms with E-state index in [-0.39, 0.29) is 11.4 Å². The van der Waals surface area contributed by atoms with Crippen molar-refractivity contribution in [2.75, 3.05) is 5.43 Å². The van der Waals surface area contributed by atoms with Gasteiger partial charge in [0.25, 0.3) is 5.56 Å². The third kappa shape index (κ3) is 3.52. The van der Waals surface area contributed by atoms with E-state index >= 15 is 0 Å². The van der Waals surface area contributed by atoms with Gasteiger partial charge in [-0.3, -0.25) is 15.0 Å². The number of carbonyl (C=O) groups excluding carboxylic acids is 1. The minimum absolute atomic E-state index is 0.0793. The van der Waals surface area contributed by atoms with Crippen molar-refractivity contribution in [3.05, 3.63) is 68.0 Å². The molecule has 0 aliphatic carbocycles. The van der Waals surface area contributed by atoms with Gasteiger partial charge >= 0.3 is 0 Å². The molecule has 2 aromatic carbocycles. The van der Waals surface area contributed by atoms with Gasteiger partial charge in [-0.25, -0.2) is 4.98 Å². The van der Waals surface area contributed by atoms with Gasteiger partial charge in [0.1, 0.15) is 0 Å². The Morgan fingerprint density at radius 2 is 2.00 bits per heavy atom. The van der Waals surface area contributed by atoms with Crippen LogP contribution in [-0.4, -0.2) is 22.0 Å². The van der Waals surface area contributed by atoms with E-state index in [9.17, 15) is 9.59 Å². The van der Waals surface area contributed by atoms with Crippen LogP contribution in [0.1, 0.15) is 5.69 Å². The Labute approximate surface area is 149 Å². The van der Waals surface area contributed by atoms with Gasteiger partial charge in [0.05, 0.1) is 16.7 Å². The van der Waals surface area contributed by atoms with E-state index in [0.29, 0.717) is 28.0 Å². The second-order valence-corrected chi connectivity index (χ2v) is 6.16. The van der Waals surface area contributed by atoms with Gasteiger partial charge in [-0.2, -0.15) is 5.10 Å². The van der Waals surface area contributed by atoms with E-state index < -0.39 is 5.56 Å². The number of hydrogen-bond acceptors (Lipinski definition) is 5. The number of hydrazone groups is 1. The lowest BCUT2D eigenvalue weighted by molar-refractivity contribution is -0.102. The van der Waals surface area contributed by atoms with Crippen LogP contribution >= 0.6 is 27.5 Å². The normalized spacial score (nSPS) is 11.5. The second kappa shape index (κ2) is 6.94. The van der Waals surface area contributed by atoms with Crippen LogP contribution < -0.4 is 11.0 Å². The highest BCUT2D eigenvalue weighted by atomic mass is 79.9. The first-order valence-electron chi connectivity index (χ1n) is 6.81. The van der Waals surface area contributed by atoms with Crippen molar-refractivity contribution in [2.24, 2.45) is 5.10 Å². The molecule has 0 fully saturated rings. The van der Waals surface area contributed by atoms with Crippen LogP contribution in [0, 0.1) is 0 Å². The molecule has 0 aliphatic rings. The molecule has 120 valence electrons. The molecule has 0 atom stereocenters. The SMILES string of the molecule is O=C/C(=N\Nc1ccc(Br)cc1)c1nc2cc(Cl)ccc2[nH]c1=O. The Morgan fingerprint density at radius 3 is 2.71 bits per heavy atom. The number of H-pyrrole nitrogens is 1. The summed E-state index contributed by atoms with van der Waals surface area (Å²) in [6.07, 6.45) is 0.472. The highest BCUT2D eigenvalue weighted by molar-refractivity contribution is 9.10. The maximum absolute atomic E-state index is 12.1. The summed E-state index contributed by atoms with van der Waals surface area (Å²) in [5.74, 6) is 0. The monoisotopic (exact) mass is 404 g/mol. The molecular weight excluding hydrogens is 396 g/mol. The van der Waals surface area contributed by atoms with Gasteiger partial charge < -0.3 is 4.98 Å². The van der Waals surface area contributed by atoms with E-state index in [4.69, 9.17) is 11.6 Å². The average molecular weight is 406 g/mol. The molecule has 1 heterocycles. The number of benzene rings is 2. The predicted molar refractivity (Wildman–Crippen MR) is 97.7 cm³/mol. The van der Waals surface area contributed by atoms with Gasteiger partial charge in [-0.15, -0.1) is 0 Å². The average Bonchev–Trinajstić information content (AvgIpc) is 2.57. The maximum Gasteiger partial charge on any atom is 0.276 e. The van der Waals surface area contributed by atoms with E-state index in [1.807, 2.05) is 12.1 Å². The van der Waals surface area contributed by atoms with Gasteiger partial charge in [0.15, 0.2) is 17.7 Å². The molecule has 0 aliphatic heterocycles. The summed E-state index contributed by atoms with van der Waals surface area (Å²) >= 11 is 9.26. The molecular formula is C16H10BrClN4O2. The Bertz CT molecular complexity index is 999. The first kappa shape index (κ1) is 16.4. The zero-order valence-corrected chi connectivity index (χ0v) is 14.4. The van der Waals surface area contributed by atoms with E-state index in [2.05, 4.69) is 36.4 Å². The number of hydrogen-bond donors (Lipinski definition) is 2. The van der Waals surface area contributed by atoms with Crippen LogP contribution in [0.15, 0.2) is 56.8 Å². The van der Waals surface area contributed by atoms with Crippen molar-refractivity contribution in [3.8, 4) is 0 Å². The minimum atomic E-state index is -0.506. The third-order valence-corrected chi connectivity index (χ3v) is 3.92. The van der Waals surface area contributed by atoms with Crippen LogP contribution in [0.4, 0.5) is 5.69 Å². The number of fused-ring (bicyclic) bond motifs is 1. The summed E-state index contributed by atoms with van der Waals surface area (Å²) in [7, 11) is 0. The Hall–Kier alpha value is -2.51. The molecule has 0 amide bonds. The number of aldehydes is 1. The van der Waals surface area contributed by atoms with Gasteiger partial charge in [-0.05, 0) is 42.5 Å². The molecule has 2 N–H and O–H groups in total. The fourth-order valence-electron chi connectivity index (χ4n) is 2.01. The van der Waals surface area contributed by atoms with Crippen LogP contribution in [0.5, 0.6) is 0 Å². The smallest absolute Gasteiger partial charge is 0.276 e. The summed E-state index contributed by atoms with van der Waals surface area (Å²) in [5.41, 5.74) is 3.69. The summed E-state index contributed by atoms with van der Waals surface area (Å²) in [6, 6.07) is 12.1. The highest BCUT2D eigenvalue weighted by Gasteiger charge is 2.12. The van der Waals surface area contributed by atoms with E-state index in [0.717, 1.165) is 4.47 Å². The first-order valence-corrected chi connectivity index (χ1v) is 7.98. The molecule has 0 bridgehead atoms. The largest absolute Gasteiger partial charge is 0.319 e. The van der Waals surface area contributed by atoms with E-state index in [1.54, 1.807) is 30.3 Å². The number of aromatic amines is 1. The van der Waals surface area contributed by atoms with Crippen molar-refractivity contribution in [1.82, 2.24) is 9.97 Å². The summed E-state index contributed by atoms with van der Waals surface area (Å²) in [4.78, 5) is 30.3. The Morgan fingerprint density at radius 1 is 1.25 bits per heavy atom. The molecule has 3 rings (SSSR count). The van der Waals surface area contributed by atoms with Gasteiger partial charge in [0.2, 0.25) is 0 Å². The van der Waals surface area contributed by atoms with Crippen LogP contribution in [-0.2, 0) is 4.79 Å². The fraction of sp³-hybridized carbons (Fsp3) is 0. The summed E-state index contributed by atoms with van der Waals surface area (Å²) in [5, 5.41) is 4.45. The standard InChI is InChI=1S/C16H10BrClN4O2/c17-9-1-4-11(5-2-9)21-22-14(8-23)15-16(24)20-12-6-3-10(18)7-13(12)19-15/h1-8,21H,(H,20,24)/b22-14+. The number of nitrogens with one attached hydrogen (secondary N) is 2. The third-order valence-electron chi connectivity index (χ3n) is 3.16. The highest BCUT2D eigenvalue weighted by Crippen LogP contribution is 2.16. The first-order chi connectivity index (χ1) is 11.6. The number of halogens is 2. The molecule has 3 aromatic rings. The quantitative estimate of drug-likeness (QED) is 0.396. The Kier molecular flexibility index (Phi) is 4.73. The van der Waals surface area contributed by atoms with Crippen molar-refractivity contribution in [1.29, 1.82) is 0 Å². The van der Waals surface area contributed by atoms with Crippen LogP contribution in [0.25, 0.3) is 11.0 Å². The molecule has 24 heavy (non-hydrogen) atoms.